The number of carbonyl (C=O) groups is 1. The fourth-order valence-corrected chi connectivity index (χ4v) is 4.34. The number of likely N-dealkylation sites (tertiary alicyclic amines) is 1. The maximum absolute atomic E-state index is 12.6. The summed E-state index contributed by atoms with van der Waals surface area (Å²) in [6.45, 7) is 5.64. The molecular weight excluding hydrogens is 379 g/mol. The van der Waals surface area contributed by atoms with Gasteiger partial charge in [0.2, 0.25) is 0 Å². The molecule has 25 heavy (non-hydrogen) atoms. The molecule has 2 aliphatic rings. The number of nitrogens with zero attached hydrogens (tertiary/aromatic N) is 3. The van der Waals surface area contributed by atoms with Crippen LogP contribution in [0.5, 0.6) is 0 Å². The van der Waals surface area contributed by atoms with Crippen LogP contribution in [0.25, 0.3) is 0 Å². The molecule has 1 atom stereocenters. The Morgan fingerprint density at radius 1 is 1.36 bits per heavy atom. The Kier molecular flexibility index (Phi) is 7.46. The van der Waals surface area contributed by atoms with E-state index in [4.69, 9.17) is 5.10 Å². The molecule has 1 N–H and O–H groups in total. The van der Waals surface area contributed by atoms with E-state index in [9.17, 15) is 4.79 Å². The van der Waals surface area contributed by atoms with Crippen LogP contribution in [0.1, 0.15) is 33.9 Å². The number of aromatic nitrogens is 2. The van der Waals surface area contributed by atoms with Gasteiger partial charge in [-0.15, -0.1) is 36.2 Å². The summed E-state index contributed by atoms with van der Waals surface area (Å²) in [6.07, 6.45) is 2.10. The van der Waals surface area contributed by atoms with Gasteiger partial charge < -0.3 is 5.32 Å². The zero-order valence-electron chi connectivity index (χ0n) is 14.0. The molecule has 5 nitrogen and oxygen atoms in total. The molecule has 0 spiro atoms. The van der Waals surface area contributed by atoms with Crippen LogP contribution in [0, 0.1) is 5.92 Å². The van der Waals surface area contributed by atoms with Gasteiger partial charge in [-0.05, 0) is 36.9 Å². The Morgan fingerprint density at radius 3 is 3.00 bits per heavy atom. The van der Waals surface area contributed by atoms with Crippen LogP contribution in [-0.4, -0.2) is 40.1 Å². The molecule has 0 radical (unpaired) electrons. The number of Topliss-reactive ketones (excluding diaryl/α,β-unsaturated/α-hetero) is 1. The van der Waals surface area contributed by atoms with Gasteiger partial charge in [0.1, 0.15) is 0 Å². The van der Waals surface area contributed by atoms with Crippen LogP contribution < -0.4 is 5.32 Å². The SMILES string of the molecule is Cl.Cl.O=C(c1cccs1)C1CCCN(Cc2cc3n(n2)CCNC3)C1. The second kappa shape index (κ2) is 9.14. The van der Waals surface area contributed by atoms with Crippen molar-refractivity contribution < 1.29 is 4.79 Å². The third-order valence-electron chi connectivity index (χ3n) is 4.75. The number of ketones is 1. The maximum Gasteiger partial charge on any atom is 0.177 e. The number of hydrogen-bond acceptors (Lipinski definition) is 5. The van der Waals surface area contributed by atoms with E-state index in [0.717, 1.165) is 62.7 Å². The fraction of sp³-hybridized carbons (Fsp3) is 0.529. The minimum atomic E-state index is 0. The van der Waals surface area contributed by atoms with Crippen molar-refractivity contribution in [1.82, 2.24) is 20.0 Å². The minimum Gasteiger partial charge on any atom is -0.309 e. The van der Waals surface area contributed by atoms with Gasteiger partial charge in [0, 0.05) is 32.1 Å². The summed E-state index contributed by atoms with van der Waals surface area (Å²) in [5, 5.41) is 10.1. The minimum absolute atomic E-state index is 0. The fourth-order valence-electron chi connectivity index (χ4n) is 3.59. The van der Waals surface area contributed by atoms with E-state index in [1.807, 2.05) is 17.5 Å². The van der Waals surface area contributed by atoms with Crippen LogP contribution >= 0.6 is 36.2 Å². The first kappa shape index (κ1) is 20.4. The zero-order chi connectivity index (χ0) is 15.6. The lowest BCUT2D eigenvalue weighted by molar-refractivity contribution is 0.0814. The van der Waals surface area contributed by atoms with Gasteiger partial charge in [0.15, 0.2) is 5.78 Å². The van der Waals surface area contributed by atoms with Crippen molar-refractivity contribution in [2.45, 2.75) is 32.5 Å². The summed E-state index contributed by atoms with van der Waals surface area (Å²) in [5.41, 5.74) is 2.40. The molecular formula is C17H24Cl2N4OS. The van der Waals surface area contributed by atoms with E-state index in [0.29, 0.717) is 5.78 Å². The van der Waals surface area contributed by atoms with Crippen molar-refractivity contribution in [3.05, 3.63) is 39.8 Å². The average Bonchev–Trinajstić information content (AvgIpc) is 3.23. The van der Waals surface area contributed by atoms with E-state index < -0.39 is 0 Å². The first-order chi connectivity index (χ1) is 11.3. The number of nitrogens with one attached hydrogen (secondary N) is 1. The van der Waals surface area contributed by atoms with Crippen molar-refractivity contribution in [1.29, 1.82) is 0 Å². The van der Waals surface area contributed by atoms with Crippen LogP contribution in [0.4, 0.5) is 0 Å². The highest BCUT2D eigenvalue weighted by Crippen LogP contribution is 2.24. The standard InChI is InChI=1S/C17H22N4OS.2ClH/c22-17(16-4-2-8-23-16)13-3-1-6-20(11-13)12-14-9-15-10-18-5-7-21(15)19-14;;/h2,4,8-9,13,18H,1,3,5-7,10-12H2;2*1H. The number of fused-ring (bicyclic) bond motifs is 1. The predicted molar refractivity (Wildman–Crippen MR) is 105 cm³/mol. The summed E-state index contributed by atoms with van der Waals surface area (Å²) in [6, 6.07) is 6.11. The smallest absolute Gasteiger partial charge is 0.177 e. The summed E-state index contributed by atoms with van der Waals surface area (Å²) in [4.78, 5) is 15.9. The van der Waals surface area contributed by atoms with E-state index in [1.54, 1.807) is 11.3 Å². The Hall–Kier alpha value is -0.920. The number of hydrogen-bond donors (Lipinski definition) is 1. The molecule has 0 aromatic carbocycles. The zero-order valence-corrected chi connectivity index (χ0v) is 16.5. The molecule has 2 aromatic heterocycles. The van der Waals surface area contributed by atoms with Crippen molar-refractivity contribution in [3.8, 4) is 0 Å². The molecule has 1 fully saturated rings. The summed E-state index contributed by atoms with van der Waals surface area (Å²) in [5.74, 6) is 0.458. The Balaban J connectivity index is 0.00000113. The van der Waals surface area contributed by atoms with Gasteiger partial charge in [-0.3, -0.25) is 14.4 Å². The van der Waals surface area contributed by atoms with Gasteiger partial charge in [0.05, 0.1) is 22.8 Å². The van der Waals surface area contributed by atoms with Crippen LogP contribution in [0.3, 0.4) is 0 Å². The summed E-state index contributed by atoms with van der Waals surface area (Å²) >= 11 is 1.56. The van der Waals surface area contributed by atoms with Crippen molar-refractivity contribution in [3.63, 3.8) is 0 Å². The molecule has 0 aliphatic carbocycles. The van der Waals surface area contributed by atoms with Gasteiger partial charge in [-0.2, -0.15) is 5.10 Å². The number of thiophene rings is 1. The third-order valence-corrected chi connectivity index (χ3v) is 5.63. The quantitative estimate of drug-likeness (QED) is 0.798. The average molecular weight is 403 g/mol. The third kappa shape index (κ3) is 4.63. The van der Waals surface area contributed by atoms with Crippen molar-refractivity contribution >= 4 is 41.9 Å². The lowest BCUT2D eigenvalue weighted by Gasteiger charge is -2.31. The highest BCUT2D eigenvalue weighted by molar-refractivity contribution is 7.12. The van der Waals surface area contributed by atoms with E-state index in [-0.39, 0.29) is 30.7 Å². The highest BCUT2D eigenvalue weighted by atomic mass is 35.5. The number of halogens is 2. The lowest BCUT2D eigenvalue weighted by atomic mass is 9.93. The van der Waals surface area contributed by atoms with Crippen LogP contribution in [-0.2, 0) is 19.6 Å². The Morgan fingerprint density at radius 2 is 2.24 bits per heavy atom. The van der Waals surface area contributed by atoms with E-state index in [1.165, 1.54) is 5.69 Å². The summed E-state index contributed by atoms with van der Waals surface area (Å²) in [7, 11) is 0. The van der Waals surface area contributed by atoms with Gasteiger partial charge in [0.25, 0.3) is 0 Å². The molecule has 4 heterocycles. The van der Waals surface area contributed by atoms with Crippen LogP contribution in [0.15, 0.2) is 23.6 Å². The molecule has 2 aromatic rings. The van der Waals surface area contributed by atoms with Gasteiger partial charge >= 0.3 is 0 Å². The molecule has 138 valence electrons. The van der Waals surface area contributed by atoms with Gasteiger partial charge in [-0.25, -0.2) is 0 Å². The number of piperidine rings is 1. The Bertz CT molecular complexity index is 665. The second-order valence-electron chi connectivity index (χ2n) is 6.44. The van der Waals surface area contributed by atoms with E-state index >= 15 is 0 Å². The topological polar surface area (TPSA) is 50.2 Å². The number of carbonyl (C=O) groups excluding carboxylic acids is 1. The number of rotatable bonds is 4. The predicted octanol–water partition coefficient (Wildman–Crippen LogP) is 2.99. The lowest BCUT2D eigenvalue weighted by Crippen LogP contribution is -2.38. The summed E-state index contributed by atoms with van der Waals surface area (Å²) < 4.78 is 2.12. The van der Waals surface area contributed by atoms with Crippen LogP contribution in [0.2, 0.25) is 0 Å². The Labute approximate surface area is 164 Å². The molecule has 4 rings (SSSR count). The first-order valence-corrected chi connectivity index (χ1v) is 9.24. The molecule has 0 saturated carbocycles. The van der Waals surface area contributed by atoms with Crippen molar-refractivity contribution in [2.75, 3.05) is 19.6 Å². The molecule has 8 heteroatoms. The molecule has 0 bridgehead atoms. The molecule has 0 amide bonds. The maximum atomic E-state index is 12.6. The second-order valence-corrected chi connectivity index (χ2v) is 7.39. The largest absolute Gasteiger partial charge is 0.309 e. The molecule has 1 unspecified atom stereocenters. The van der Waals surface area contributed by atoms with E-state index in [2.05, 4.69) is 21.0 Å². The monoisotopic (exact) mass is 402 g/mol. The first-order valence-electron chi connectivity index (χ1n) is 8.36. The molecule has 1 saturated heterocycles. The van der Waals surface area contributed by atoms with Gasteiger partial charge in [-0.1, -0.05) is 6.07 Å². The highest BCUT2D eigenvalue weighted by Gasteiger charge is 2.27. The van der Waals surface area contributed by atoms with Crippen molar-refractivity contribution in [2.24, 2.45) is 5.92 Å². The molecule has 2 aliphatic heterocycles. The normalized spacial score (nSPS) is 20.2.